The molecule has 4 atom stereocenters. The first-order valence-electron chi connectivity index (χ1n) is 10.3. The Morgan fingerprint density at radius 3 is 2.32 bits per heavy atom. The summed E-state index contributed by atoms with van der Waals surface area (Å²) < 4.78 is 21.0. The third-order valence-electron chi connectivity index (χ3n) is 6.42. The molecule has 2 saturated carbocycles. The van der Waals surface area contributed by atoms with E-state index in [-0.39, 0.29) is 11.8 Å². The van der Waals surface area contributed by atoms with Gasteiger partial charge in [-0.3, -0.25) is 4.57 Å². The first kappa shape index (κ1) is 19.2. The van der Waals surface area contributed by atoms with Gasteiger partial charge in [-0.15, -0.1) is 0 Å². The molecule has 0 bridgehead atoms. The lowest BCUT2D eigenvalue weighted by atomic mass is 9.75. The minimum atomic E-state index is -2.82. The molecule has 1 aromatic carbocycles. The largest absolute Gasteiger partial charge is 0.321 e. The van der Waals surface area contributed by atoms with Crippen molar-refractivity contribution in [2.75, 3.05) is 0 Å². The van der Waals surface area contributed by atoms with Gasteiger partial charge in [-0.05, 0) is 55.6 Å². The van der Waals surface area contributed by atoms with Crippen molar-refractivity contribution >= 4 is 12.7 Å². The molecule has 2 fully saturated rings. The van der Waals surface area contributed by atoms with Crippen LogP contribution in [0.25, 0.3) is 0 Å². The fourth-order valence-electron chi connectivity index (χ4n) is 4.85. The number of rotatable bonds is 5. The highest BCUT2D eigenvalue weighted by atomic mass is 31.2. The van der Waals surface area contributed by atoms with Gasteiger partial charge in [0, 0.05) is 11.0 Å². The molecule has 1 aromatic rings. The molecule has 0 spiro atoms. The fourth-order valence-corrected chi connectivity index (χ4v) is 7.84. The van der Waals surface area contributed by atoms with E-state index in [2.05, 4.69) is 20.8 Å². The van der Waals surface area contributed by atoms with E-state index < -0.39 is 7.37 Å². The summed E-state index contributed by atoms with van der Waals surface area (Å²) in [5.74, 6) is 1.81. The van der Waals surface area contributed by atoms with Crippen molar-refractivity contribution in [3.63, 3.8) is 0 Å². The van der Waals surface area contributed by atoms with Crippen molar-refractivity contribution in [3.05, 3.63) is 30.3 Å². The Morgan fingerprint density at radius 2 is 1.68 bits per heavy atom. The SMILES string of the molecule is CC(C)[C@@H]1CC[C@@H](C)C[C@H]1OP(=O)(c1ccccc1)C1CCCCC1. The molecule has 0 N–H and O–H groups in total. The van der Waals surface area contributed by atoms with Gasteiger partial charge in [0.05, 0.1) is 6.10 Å². The average Bonchev–Trinajstić information content (AvgIpc) is 2.63. The maximum absolute atomic E-state index is 14.3. The van der Waals surface area contributed by atoms with E-state index in [1.807, 2.05) is 30.3 Å². The summed E-state index contributed by atoms with van der Waals surface area (Å²) in [5, 5.41) is 0.947. The molecule has 3 rings (SSSR count). The minimum absolute atomic E-state index is 0.150. The first-order chi connectivity index (χ1) is 12.0. The summed E-state index contributed by atoms with van der Waals surface area (Å²) in [6.07, 6.45) is 9.48. The highest BCUT2D eigenvalue weighted by Gasteiger charge is 2.42. The van der Waals surface area contributed by atoms with Crippen LogP contribution in [0.15, 0.2) is 30.3 Å². The van der Waals surface area contributed by atoms with Crippen LogP contribution in [0.2, 0.25) is 0 Å². The van der Waals surface area contributed by atoms with Gasteiger partial charge in [-0.2, -0.15) is 0 Å². The Kier molecular flexibility index (Phi) is 6.44. The van der Waals surface area contributed by atoms with Crippen molar-refractivity contribution in [2.45, 2.75) is 83.9 Å². The maximum atomic E-state index is 14.3. The van der Waals surface area contributed by atoms with Gasteiger partial charge < -0.3 is 4.52 Å². The highest BCUT2D eigenvalue weighted by Crippen LogP contribution is 2.58. The van der Waals surface area contributed by atoms with Crippen LogP contribution >= 0.6 is 7.37 Å². The topological polar surface area (TPSA) is 26.3 Å². The Bertz CT molecular complexity index is 577. The zero-order valence-corrected chi connectivity index (χ0v) is 17.1. The second-order valence-corrected chi connectivity index (χ2v) is 11.3. The lowest BCUT2D eigenvalue weighted by molar-refractivity contribution is 0.0480. The lowest BCUT2D eigenvalue weighted by Gasteiger charge is -2.41. The average molecular weight is 362 g/mol. The van der Waals surface area contributed by atoms with Crippen LogP contribution < -0.4 is 5.30 Å². The molecule has 25 heavy (non-hydrogen) atoms. The van der Waals surface area contributed by atoms with Crippen LogP contribution in [0.5, 0.6) is 0 Å². The predicted molar refractivity (Wildman–Crippen MR) is 107 cm³/mol. The molecular formula is C22H35O2P. The summed E-state index contributed by atoms with van der Waals surface area (Å²) >= 11 is 0. The molecule has 2 nitrogen and oxygen atoms in total. The van der Waals surface area contributed by atoms with E-state index >= 15 is 0 Å². The van der Waals surface area contributed by atoms with Crippen LogP contribution in [-0.2, 0) is 9.09 Å². The van der Waals surface area contributed by atoms with Crippen molar-refractivity contribution in [1.82, 2.24) is 0 Å². The normalized spacial score (nSPS) is 31.0. The molecule has 0 radical (unpaired) electrons. The summed E-state index contributed by atoms with van der Waals surface area (Å²) in [6, 6.07) is 10.1. The van der Waals surface area contributed by atoms with E-state index in [0.29, 0.717) is 17.8 Å². The Balaban J connectivity index is 1.90. The lowest BCUT2D eigenvalue weighted by Crippen LogP contribution is -2.36. The van der Waals surface area contributed by atoms with Gasteiger partial charge in [0.25, 0.3) is 0 Å². The van der Waals surface area contributed by atoms with Crippen LogP contribution in [0.3, 0.4) is 0 Å². The van der Waals surface area contributed by atoms with Gasteiger partial charge in [-0.1, -0.05) is 64.7 Å². The second-order valence-electron chi connectivity index (χ2n) is 8.69. The Labute approximate surface area is 154 Å². The molecule has 0 aliphatic heterocycles. The Morgan fingerprint density at radius 1 is 1.00 bits per heavy atom. The molecule has 0 aromatic heterocycles. The smallest absolute Gasteiger partial charge is 0.235 e. The summed E-state index contributed by atoms with van der Waals surface area (Å²) in [4.78, 5) is 0. The van der Waals surface area contributed by atoms with Gasteiger partial charge in [0.2, 0.25) is 7.37 Å². The number of benzene rings is 1. The first-order valence-corrected chi connectivity index (χ1v) is 12.0. The van der Waals surface area contributed by atoms with Crippen LogP contribution in [-0.4, -0.2) is 11.8 Å². The highest BCUT2D eigenvalue weighted by molar-refractivity contribution is 7.67. The fraction of sp³-hybridized carbons (Fsp3) is 0.727. The zero-order chi connectivity index (χ0) is 17.9. The third-order valence-corrected chi connectivity index (χ3v) is 9.50. The van der Waals surface area contributed by atoms with E-state index in [4.69, 9.17) is 4.52 Å². The van der Waals surface area contributed by atoms with E-state index in [0.717, 1.165) is 24.6 Å². The minimum Gasteiger partial charge on any atom is -0.321 e. The quantitative estimate of drug-likeness (QED) is 0.567. The molecule has 1 unspecified atom stereocenters. The molecule has 0 heterocycles. The molecular weight excluding hydrogens is 327 g/mol. The predicted octanol–water partition coefficient (Wildman–Crippen LogP) is 6.40. The van der Waals surface area contributed by atoms with E-state index in [1.54, 1.807) is 0 Å². The van der Waals surface area contributed by atoms with Crippen molar-refractivity contribution in [2.24, 2.45) is 17.8 Å². The van der Waals surface area contributed by atoms with E-state index in [1.165, 1.54) is 32.1 Å². The standard InChI is InChI=1S/C22H35O2P/c1-17(2)21-15-14-18(3)16-22(21)24-25(23,19-10-6-4-7-11-19)20-12-8-5-9-13-20/h4,6-7,10-11,17-18,20-22H,5,8-9,12-16H2,1-3H3/t18-,21+,22-,25?/m1/s1. The second kappa shape index (κ2) is 8.40. The molecule has 3 heteroatoms. The maximum Gasteiger partial charge on any atom is 0.235 e. The van der Waals surface area contributed by atoms with E-state index in [9.17, 15) is 4.57 Å². The molecule has 2 aliphatic carbocycles. The summed E-state index contributed by atoms with van der Waals surface area (Å²) in [7, 11) is -2.82. The zero-order valence-electron chi connectivity index (χ0n) is 16.2. The molecule has 0 saturated heterocycles. The van der Waals surface area contributed by atoms with Crippen LogP contribution in [0.4, 0.5) is 0 Å². The van der Waals surface area contributed by atoms with Crippen LogP contribution in [0, 0.1) is 17.8 Å². The molecule has 140 valence electrons. The third kappa shape index (κ3) is 4.40. The molecule has 0 amide bonds. The van der Waals surface area contributed by atoms with Crippen molar-refractivity contribution in [1.29, 1.82) is 0 Å². The van der Waals surface area contributed by atoms with Gasteiger partial charge >= 0.3 is 0 Å². The summed E-state index contributed by atoms with van der Waals surface area (Å²) in [5.41, 5.74) is 0.216. The van der Waals surface area contributed by atoms with Gasteiger partial charge in [-0.25, -0.2) is 0 Å². The summed E-state index contributed by atoms with van der Waals surface area (Å²) in [6.45, 7) is 6.91. The van der Waals surface area contributed by atoms with Gasteiger partial charge in [0.15, 0.2) is 0 Å². The molecule has 2 aliphatic rings. The van der Waals surface area contributed by atoms with Crippen LogP contribution in [0.1, 0.15) is 72.1 Å². The van der Waals surface area contributed by atoms with Crippen molar-refractivity contribution < 1.29 is 9.09 Å². The Hall–Kier alpha value is -0.590. The number of hydrogen-bond acceptors (Lipinski definition) is 2. The number of hydrogen-bond donors (Lipinski definition) is 0. The van der Waals surface area contributed by atoms with Crippen molar-refractivity contribution in [3.8, 4) is 0 Å². The monoisotopic (exact) mass is 362 g/mol. The van der Waals surface area contributed by atoms with Gasteiger partial charge in [0.1, 0.15) is 0 Å².